The van der Waals surface area contributed by atoms with Crippen molar-refractivity contribution in [2.24, 2.45) is 5.92 Å². The lowest BCUT2D eigenvalue weighted by molar-refractivity contribution is 0.371. The fourth-order valence-corrected chi connectivity index (χ4v) is 1.63. The average Bonchev–Trinajstić information content (AvgIpc) is 2.59. The minimum Gasteiger partial charge on any atom is -0.316 e. The van der Waals surface area contributed by atoms with Crippen LogP contribution >= 0.6 is 0 Å². The van der Waals surface area contributed by atoms with Crippen molar-refractivity contribution in [1.29, 1.82) is 0 Å². The Bertz CT molecular complexity index is 214. The number of hydrogen-bond donors (Lipinski definition) is 2. The zero-order valence-corrected chi connectivity index (χ0v) is 6.95. The largest absolute Gasteiger partial charge is 0.316 e. The maximum atomic E-state index is 3.94. The molecule has 0 saturated carbocycles. The van der Waals surface area contributed by atoms with E-state index < -0.39 is 0 Å². The molecule has 0 bridgehead atoms. The van der Waals surface area contributed by atoms with E-state index in [1.807, 2.05) is 0 Å². The predicted octanol–water partition coefficient (Wildman–Crippen LogP) is -0.258. The highest BCUT2D eigenvalue weighted by Gasteiger charge is 2.14. The molecule has 2 heterocycles. The van der Waals surface area contributed by atoms with Gasteiger partial charge in [-0.2, -0.15) is 5.21 Å². The molecule has 5 nitrogen and oxygen atoms in total. The zero-order chi connectivity index (χ0) is 8.23. The number of H-pyrrole nitrogens is 1. The molecule has 1 saturated heterocycles. The second-order valence-electron chi connectivity index (χ2n) is 3.24. The first kappa shape index (κ1) is 7.67. The number of nitrogens with zero attached hydrogens (tertiary/aromatic N) is 3. The summed E-state index contributed by atoms with van der Waals surface area (Å²) in [7, 11) is 0. The number of aromatic nitrogens is 4. The highest BCUT2D eigenvalue weighted by molar-refractivity contribution is 4.82. The second-order valence-corrected chi connectivity index (χ2v) is 3.24. The first-order valence-electron chi connectivity index (χ1n) is 4.38. The Morgan fingerprint density at radius 3 is 3.17 bits per heavy atom. The molecule has 1 fully saturated rings. The summed E-state index contributed by atoms with van der Waals surface area (Å²) >= 11 is 0. The van der Waals surface area contributed by atoms with Crippen molar-refractivity contribution in [3.63, 3.8) is 0 Å². The lowest BCUT2D eigenvalue weighted by Gasteiger charge is -2.20. The third-order valence-electron chi connectivity index (χ3n) is 2.26. The van der Waals surface area contributed by atoms with Crippen LogP contribution in [0, 0.1) is 5.92 Å². The Morgan fingerprint density at radius 1 is 1.50 bits per heavy atom. The molecule has 1 aromatic heterocycles. The van der Waals surface area contributed by atoms with Crippen molar-refractivity contribution < 1.29 is 0 Å². The molecule has 0 spiro atoms. The lowest BCUT2D eigenvalue weighted by Crippen LogP contribution is -2.31. The second kappa shape index (κ2) is 3.62. The summed E-state index contributed by atoms with van der Waals surface area (Å²) in [6, 6.07) is 0. The highest BCUT2D eigenvalue weighted by atomic mass is 15.5. The van der Waals surface area contributed by atoms with Crippen molar-refractivity contribution >= 4 is 0 Å². The number of hydrogen-bond acceptors (Lipinski definition) is 4. The molecule has 0 radical (unpaired) electrons. The van der Waals surface area contributed by atoms with Crippen LogP contribution in [0.3, 0.4) is 0 Å². The van der Waals surface area contributed by atoms with Crippen LogP contribution < -0.4 is 5.32 Å². The van der Waals surface area contributed by atoms with Gasteiger partial charge in [-0.1, -0.05) is 5.21 Å². The van der Waals surface area contributed by atoms with Gasteiger partial charge in [0.05, 0.1) is 0 Å². The van der Waals surface area contributed by atoms with Crippen LogP contribution in [0.25, 0.3) is 0 Å². The standard InChI is InChI=1S/C7H13N5/c1-2-6(5-8-3-1)4-7-9-11-12-10-7/h6,8H,1-5H2,(H,9,10,11,12)/t6-/m0/s1. The van der Waals surface area contributed by atoms with E-state index in [4.69, 9.17) is 0 Å². The van der Waals surface area contributed by atoms with Crippen LogP contribution in [-0.2, 0) is 6.42 Å². The molecular weight excluding hydrogens is 154 g/mol. The minimum absolute atomic E-state index is 0.691. The van der Waals surface area contributed by atoms with Gasteiger partial charge < -0.3 is 5.32 Å². The molecular formula is C7H13N5. The van der Waals surface area contributed by atoms with E-state index in [-0.39, 0.29) is 0 Å². The monoisotopic (exact) mass is 167 g/mol. The molecule has 1 aromatic rings. The lowest BCUT2D eigenvalue weighted by atomic mass is 9.96. The van der Waals surface area contributed by atoms with Crippen molar-refractivity contribution in [3.8, 4) is 0 Å². The normalized spacial score (nSPS) is 24.2. The Morgan fingerprint density at radius 2 is 2.50 bits per heavy atom. The Labute approximate surface area is 70.9 Å². The van der Waals surface area contributed by atoms with E-state index in [1.54, 1.807) is 0 Å². The third kappa shape index (κ3) is 1.79. The Balaban J connectivity index is 1.86. The topological polar surface area (TPSA) is 66.5 Å². The number of nitrogens with one attached hydrogen (secondary N) is 2. The van der Waals surface area contributed by atoms with Crippen LogP contribution in [0.5, 0.6) is 0 Å². The van der Waals surface area contributed by atoms with E-state index in [0.717, 1.165) is 25.3 Å². The summed E-state index contributed by atoms with van der Waals surface area (Å²) in [6.07, 6.45) is 3.49. The molecule has 2 rings (SSSR count). The molecule has 1 aliphatic heterocycles. The Kier molecular flexibility index (Phi) is 2.31. The summed E-state index contributed by atoms with van der Waals surface area (Å²) in [4.78, 5) is 0. The number of rotatable bonds is 2. The molecule has 0 aliphatic carbocycles. The van der Waals surface area contributed by atoms with Crippen molar-refractivity contribution in [3.05, 3.63) is 5.82 Å². The maximum Gasteiger partial charge on any atom is 0.174 e. The van der Waals surface area contributed by atoms with Gasteiger partial charge in [-0.3, -0.25) is 0 Å². The zero-order valence-electron chi connectivity index (χ0n) is 6.95. The van der Waals surface area contributed by atoms with Crippen LogP contribution in [0.1, 0.15) is 18.7 Å². The quantitative estimate of drug-likeness (QED) is 0.637. The van der Waals surface area contributed by atoms with Crippen LogP contribution in [0.2, 0.25) is 0 Å². The fraction of sp³-hybridized carbons (Fsp3) is 0.857. The number of piperidine rings is 1. The molecule has 5 heteroatoms. The van der Waals surface area contributed by atoms with Gasteiger partial charge in [0.15, 0.2) is 5.82 Å². The van der Waals surface area contributed by atoms with Gasteiger partial charge in [0.2, 0.25) is 0 Å². The molecule has 1 aliphatic rings. The van der Waals surface area contributed by atoms with Crippen molar-refractivity contribution in [2.45, 2.75) is 19.3 Å². The third-order valence-corrected chi connectivity index (χ3v) is 2.26. The highest BCUT2D eigenvalue weighted by Crippen LogP contribution is 2.12. The van der Waals surface area contributed by atoms with Gasteiger partial charge in [0.1, 0.15) is 0 Å². The minimum atomic E-state index is 0.691. The van der Waals surface area contributed by atoms with E-state index in [1.165, 1.54) is 12.8 Å². The molecule has 1 atom stereocenters. The molecule has 12 heavy (non-hydrogen) atoms. The summed E-state index contributed by atoms with van der Waals surface area (Å²) in [6.45, 7) is 2.25. The number of tetrazole rings is 1. The van der Waals surface area contributed by atoms with Crippen LogP contribution in [0.4, 0.5) is 0 Å². The Hall–Kier alpha value is -0.970. The van der Waals surface area contributed by atoms with E-state index >= 15 is 0 Å². The van der Waals surface area contributed by atoms with Gasteiger partial charge in [-0.25, -0.2) is 0 Å². The van der Waals surface area contributed by atoms with Crippen LogP contribution in [-0.4, -0.2) is 33.7 Å². The van der Waals surface area contributed by atoms with Gasteiger partial charge in [0, 0.05) is 6.42 Å². The molecule has 66 valence electrons. The van der Waals surface area contributed by atoms with Crippen molar-refractivity contribution in [1.82, 2.24) is 25.9 Å². The fourth-order valence-electron chi connectivity index (χ4n) is 1.63. The SMILES string of the molecule is C1CNC[C@H](Cc2nn[nH]n2)C1. The molecule has 2 N–H and O–H groups in total. The van der Waals surface area contributed by atoms with E-state index in [9.17, 15) is 0 Å². The van der Waals surface area contributed by atoms with Gasteiger partial charge >= 0.3 is 0 Å². The molecule has 0 aromatic carbocycles. The first-order chi connectivity index (χ1) is 5.95. The summed E-state index contributed by atoms with van der Waals surface area (Å²) < 4.78 is 0. The van der Waals surface area contributed by atoms with Gasteiger partial charge in [-0.05, 0) is 31.8 Å². The van der Waals surface area contributed by atoms with Gasteiger partial charge in [0.25, 0.3) is 0 Å². The summed E-state index contributed by atoms with van der Waals surface area (Å²) in [5.41, 5.74) is 0. The average molecular weight is 167 g/mol. The van der Waals surface area contributed by atoms with E-state index in [0.29, 0.717) is 5.92 Å². The summed E-state index contributed by atoms with van der Waals surface area (Å²) in [5, 5.41) is 17.2. The summed E-state index contributed by atoms with van der Waals surface area (Å²) in [5.74, 6) is 1.53. The number of aromatic amines is 1. The predicted molar refractivity (Wildman–Crippen MR) is 43.5 cm³/mol. The molecule has 0 amide bonds. The van der Waals surface area contributed by atoms with Crippen LogP contribution in [0.15, 0.2) is 0 Å². The van der Waals surface area contributed by atoms with Crippen molar-refractivity contribution in [2.75, 3.05) is 13.1 Å². The van der Waals surface area contributed by atoms with E-state index in [2.05, 4.69) is 25.9 Å². The maximum absolute atomic E-state index is 3.94. The van der Waals surface area contributed by atoms with Gasteiger partial charge in [-0.15, -0.1) is 10.2 Å². The first-order valence-corrected chi connectivity index (χ1v) is 4.38. The molecule has 0 unspecified atom stereocenters. The smallest absolute Gasteiger partial charge is 0.174 e.